The van der Waals surface area contributed by atoms with Gasteiger partial charge in [0.1, 0.15) is 0 Å². The van der Waals surface area contributed by atoms with E-state index in [1.54, 1.807) is 7.05 Å². The molecule has 0 spiro atoms. The number of fused-ring (bicyclic) bond motifs is 1. The molecule has 0 bridgehead atoms. The Morgan fingerprint density at radius 3 is 2.92 bits per heavy atom. The van der Waals surface area contributed by atoms with E-state index in [9.17, 15) is 0 Å². The van der Waals surface area contributed by atoms with Crippen molar-refractivity contribution >= 4 is 22.9 Å². The van der Waals surface area contributed by atoms with Crippen LogP contribution in [0.25, 0.3) is 5.65 Å². The normalized spacial score (nSPS) is 13.2. The van der Waals surface area contributed by atoms with Crippen LogP contribution in [0.4, 0.5) is 0 Å². The number of nitrogens with zero attached hydrogens (tertiary/aromatic N) is 4. The highest BCUT2D eigenvalue weighted by Gasteiger charge is 2.09. The van der Waals surface area contributed by atoms with Gasteiger partial charge in [0.15, 0.2) is 17.4 Å². The number of aliphatic imine (C=N–C) groups is 1. The molecule has 1 unspecified atom stereocenters. The summed E-state index contributed by atoms with van der Waals surface area (Å²) in [6.07, 6.45) is 2.94. The Bertz CT molecular complexity index is 834. The first-order chi connectivity index (χ1) is 11.7. The van der Waals surface area contributed by atoms with Crippen LogP contribution in [0.3, 0.4) is 0 Å². The summed E-state index contributed by atoms with van der Waals surface area (Å²) in [5, 5.41) is 15.1. The minimum atomic E-state index is 0.296. The van der Waals surface area contributed by atoms with E-state index in [-0.39, 0.29) is 0 Å². The molecule has 7 heteroatoms. The van der Waals surface area contributed by atoms with Gasteiger partial charge >= 0.3 is 0 Å². The predicted octanol–water partition coefficient (Wildman–Crippen LogP) is 2.40. The van der Waals surface area contributed by atoms with Crippen molar-refractivity contribution in [3.05, 3.63) is 52.1 Å². The fourth-order valence-corrected chi connectivity index (χ4v) is 3.57. The van der Waals surface area contributed by atoms with E-state index in [4.69, 9.17) is 0 Å². The van der Waals surface area contributed by atoms with E-state index >= 15 is 0 Å². The third kappa shape index (κ3) is 3.91. The monoisotopic (exact) mass is 342 g/mol. The molecule has 3 aromatic heterocycles. The van der Waals surface area contributed by atoms with E-state index in [1.807, 2.05) is 40.1 Å². The van der Waals surface area contributed by atoms with Gasteiger partial charge in [0.05, 0.1) is 6.54 Å². The van der Waals surface area contributed by atoms with E-state index in [2.05, 4.69) is 51.8 Å². The van der Waals surface area contributed by atoms with Crippen molar-refractivity contribution < 1.29 is 0 Å². The van der Waals surface area contributed by atoms with Crippen LogP contribution in [0.1, 0.15) is 22.5 Å². The van der Waals surface area contributed by atoms with Gasteiger partial charge in [0.25, 0.3) is 0 Å². The maximum atomic E-state index is 4.29. The Balaban J connectivity index is 1.57. The van der Waals surface area contributed by atoms with Crippen LogP contribution in [-0.4, -0.2) is 33.6 Å². The fourth-order valence-electron chi connectivity index (χ4n) is 2.55. The van der Waals surface area contributed by atoms with Crippen LogP contribution < -0.4 is 10.6 Å². The van der Waals surface area contributed by atoms with Crippen LogP contribution in [0.15, 0.2) is 41.5 Å². The molecule has 3 aromatic rings. The summed E-state index contributed by atoms with van der Waals surface area (Å²) in [4.78, 5) is 7.02. The molecule has 2 N–H and O–H groups in total. The Hall–Kier alpha value is -2.41. The standard InChI is InChI=1S/C17H22N6S/c1-12(10-14-8-7-13(2)24-14)20-17(18-3)19-11-16-22-21-15-6-4-5-9-23(15)16/h4-9,12H,10-11H2,1-3H3,(H2,18,19,20). The second-order valence-corrected chi connectivity index (χ2v) is 7.11. The topological polar surface area (TPSA) is 66.6 Å². The van der Waals surface area contributed by atoms with Gasteiger partial charge in [-0.05, 0) is 38.1 Å². The average molecular weight is 342 g/mol. The summed E-state index contributed by atoms with van der Waals surface area (Å²) in [6, 6.07) is 10.5. The Kier molecular flexibility index (Phi) is 5.10. The molecule has 126 valence electrons. The first-order valence-corrected chi connectivity index (χ1v) is 8.78. The largest absolute Gasteiger partial charge is 0.354 e. The van der Waals surface area contributed by atoms with E-state index in [0.29, 0.717) is 12.6 Å². The molecule has 3 rings (SSSR count). The molecule has 0 aromatic carbocycles. The SMILES string of the molecule is CN=C(NCc1nnc2ccccn12)NC(C)Cc1ccc(C)s1. The summed E-state index contributed by atoms with van der Waals surface area (Å²) in [7, 11) is 1.78. The van der Waals surface area contributed by atoms with E-state index in [1.165, 1.54) is 9.75 Å². The third-order valence-corrected chi connectivity index (χ3v) is 4.73. The van der Waals surface area contributed by atoms with Crippen molar-refractivity contribution in [3.8, 4) is 0 Å². The van der Waals surface area contributed by atoms with Gasteiger partial charge in [-0.15, -0.1) is 21.5 Å². The van der Waals surface area contributed by atoms with Crippen molar-refractivity contribution in [2.45, 2.75) is 32.9 Å². The van der Waals surface area contributed by atoms with Gasteiger partial charge < -0.3 is 10.6 Å². The van der Waals surface area contributed by atoms with Gasteiger partial charge in [-0.2, -0.15) is 0 Å². The molecule has 1 atom stereocenters. The van der Waals surface area contributed by atoms with Crippen molar-refractivity contribution in [2.24, 2.45) is 4.99 Å². The van der Waals surface area contributed by atoms with Crippen molar-refractivity contribution in [1.82, 2.24) is 25.2 Å². The number of hydrogen-bond acceptors (Lipinski definition) is 4. The van der Waals surface area contributed by atoms with E-state index in [0.717, 1.165) is 23.9 Å². The number of hydrogen-bond donors (Lipinski definition) is 2. The lowest BCUT2D eigenvalue weighted by atomic mass is 10.2. The highest BCUT2D eigenvalue weighted by atomic mass is 32.1. The Labute approximate surface area is 145 Å². The van der Waals surface area contributed by atoms with Crippen molar-refractivity contribution in [3.63, 3.8) is 0 Å². The maximum Gasteiger partial charge on any atom is 0.191 e. The zero-order chi connectivity index (χ0) is 16.9. The summed E-state index contributed by atoms with van der Waals surface area (Å²) in [6.45, 7) is 4.86. The molecule has 0 aliphatic rings. The fraction of sp³-hybridized carbons (Fsp3) is 0.353. The lowest BCUT2D eigenvalue weighted by Gasteiger charge is -2.17. The summed E-state index contributed by atoms with van der Waals surface area (Å²) >= 11 is 1.84. The number of thiophene rings is 1. The first kappa shape index (κ1) is 16.4. The zero-order valence-electron chi connectivity index (χ0n) is 14.2. The van der Waals surface area contributed by atoms with Crippen LogP contribution in [0.2, 0.25) is 0 Å². The highest BCUT2D eigenvalue weighted by molar-refractivity contribution is 7.11. The molecule has 3 heterocycles. The number of pyridine rings is 1. The van der Waals surface area contributed by atoms with E-state index < -0.39 is 0 Å². The van der Waals surface area contributed by atoms with Gasteiger partial charge in [0, 0.05) is 35.5 Å². The third-order valence-electron chi connectivity index (χ3n) is 3.71. The number of guanidine groups is 1. The lowest BCUT2D eigenvalue weighted by molar-refractivity contribution is 0.640. The maximum absolute atomic E-state index is 4.29. The molecule has 0 aliphatic carbocycles. The molecule has 0 radical (unpaired) electrons. The molecule has 0 amide bonds. The quantitative estimate of drug-likeness (QED) is 0.552. The van der Waals surface area contributed by atoms with Crippen LogP contribution in [0, 0.1) is 6.92 Å². The first-order valence-electron chi connectivity index (χ1n) is 7.97. The average Bonchev–Trinajstić information content (AvgIpc) is 3.17. The van der Waals surface area contributed by atoms with Gasteiger partial charge in [-0.3, -0.25) is 9.39 Å². The second kappa shape index (κ2) is 7.44. The minimum Gasteiger partial charge on any atom is -0.354 e. The Morgan fingerprint density at radius 2 is 2.17 bits per heavy atom. The molecule has 0 saturated heterocycles. The summed E-state index contributed by atoms with van der Waals surface area (Å²) < 4.78 is 1.97. The highest BCUT2D eigenvalue weighted by Crippen LogP contribution is 2.16. The Morgan fingerprint density at radius 1 is 1.29 bits per heavy atom. The summed E-state index contributed by atoms with van der Waals surface area (Å²) in [5.41, 5.74) is 0.846. The van der Waals surface area contributed by atoms with Crippen LogP contribution in [0.5, 0.6) is 0 Å². The van der Waals surface area contributed by atoms with Crippen molar-refractivity contribution in [2.75, 3.05) is 7.05 Å². The molecule has 24 heavy (non-hydrogen) atoms. The molecule has 0 saturated carbocycles. The molecule has 6 nitrogen and oxygen atoms in total. The lowest BCUT2D eigenvalue weighted by Crippen LogP contribution is -2.42. The number of aryl methyl sites for hydroxylation is 1. The number of rotatable bonds is 5. The second-order valence-electron chi connectivity index (χ2n) is 5.73. The zero-order valence-corrected chi connectivity index (χ0v) is 15.0. The molecule has 0 fully saturated rings. The summed E-state index contributed by atoms with van der Waals surface area (Å²) in [5.74, 6) is 1.62. The number of aromatic nitrogens is 3. The smallest absolute Gasteiger partial charge is 0.191 e. The van der Waals surface area contributed by atoms with Gasteiger partial charge in [-0.25, -0.2) is 0 Å². The van der Waals surface area contributed by atoms with Crippen LogP contribution in [-0.2, 0) is 13.0 Å². The molecular formula is C17H22N6S. The predicted molar refractivity (Wildman–Crippen MR) is 98.5 cm³/mol. The van der Waals surface area contributed by atoms with Crippen LogP contribution >= 0.6 is 11.3 Å². The number of nitrogens with one attached hydrogen (secondary N) is 2. The van der Waals surface area contributed by atoms with Gasteiger partial charge in [-0.1, -0.05) is 6.07 Å². The van der Waals surface area contributed by atoms with Crippen molar-refractivity contribution in [1.29, 1.82) is 0 Å². The minimum absolute atomic E-state index is 0.296. The molecule has 0 aliphatic heterocycles. The molecular weight excluding hydrogens is 320 g/mol. The van der Waals surface area contributed by atoms with Gasteiger partial charge in [0.2, 0.25) is 0 Å².